The molecule has 4 aromatic rings. The number of carbonyl (C=O) groups excluding carboxylic acids is 1. The molecule has 1 N–H and O–H groups in total. The molecule has 4 nitrogen and oxygen atoms in total. The summed E-state index contributed by atoms with van der Waals surface area (Å²) in [6, 6.07) is 17.4. The molecule has 3 aromatic carbocycles. The predicted molar refractivity (Wildman–Crippen MR) is 136 cm³/mol. The van der Waals surface area contributed by atoms with Gasteiger partial charge in [-0.05, 0) is 68.7 Å². The zero-order chi connectivity index (χ0) is 23.5. The molecule has 0 saturated heterocycles. The lowest BCUT2D eigenvalue weighted by molar-refractivity contribution is -0.111. The summed E-state index contributed by atoms with van der Waals surface area (Å²) in [7, 11) is 0. The Morgan fingerprint density at radius 2 is 1.85 bits per heavy atom. The van der Waals surface area contributed by atoms with Crippen molar-refractivity contribution in [1.82, 2.24) is 0 Å². The molecule has 0 aliphatic rings. The number of hydrogen-bond acceptors (Lipinski definition) is 3. The number of allylic oxidation sites excluding steroid dienone is 1. The molecule has 0 aliphatic carbocycles. The number of furan rings is 1. The Kier molecular flexibility index (Phi) is 6.57. The highest BCUT2D eigenvalue weighted by molar-refractivity contribution is 6.30. The number of nitrogens with one attached hydrogen (secondary N) is 1. The molecule has 5 heteroatoms. The maximum atomic E-state index is 12.8. The minimum atomic E-state index is -0.188. The van der Waals surface area contributed by atoms with Gasteiger partial charge in [0.2, 0.25) is 5.91 Å². The molecule has 1 aromatic heterocycles. The van der Waals surface area contributed by atoms with Crippen molar-refractivity contribution in [1.29, 1.82) is 0 Å². The van der Waals surface area contributed by atoms with Crippen LogP contribution in [0.4, 0.5) is 5.69 Å². The summed E-state index contributed by atoms with van der Waals surface area (Å²) in [5, 5.41) is 4.60. The number of anilines is 1. The van der Waals surface area contributed by atoms with E-state index in [0.29, 0.717) is 11.6 Å². The third kappa shape index (κ3) is 4.67. The van der Waals surface area contributed by atoms with Crippen molar-refractivity contribution in [2.45, 2.75) is 27.7 Å². The van der Waals surface area contributed by atoms with Crippen LogP contribution < -0.4 is 10.1 Å². The molecule has 0 saturated carbocycles. The van der Waals surface area contributed by atoms with E-state index in [4.69, 9.17) is 20.8 Å². The summed E-state index contributed by atoms with van der Waals surface area (Å²) in [6.07, 6.45) is 3.36. The number of para-hydroxylation sites is 1. The van der Waals surface area contributed by atoms with Crippen LogP contribution >= 0.6 is 11.6 Å². The van der Waals surface area contributed by atoms with Gasteiger partial charge in [0.1, 0.15) is 11.3 Å². The number of ether oxygens (including phenoxy) is 1. The Balaban J connectivity index is 1.79. The van der Waals surface area contributed by atoms with Gasteiger partial charge in [0.15, 0.2) is 0 Å². The summed E-state index contributed by atoms with van der Waals surface area (Å²) in [4.78, 5) is 12.8. The Labute approximate surface area is 198 Å². The Bertz CT molecular complexity index is 1350. The van der Waals surface area contributed by atoms with E-state index < -0.39 is 0 Å². The zero-order valence-electron chi connectivity index (χ0n) is 19.2. The molecule has 0 aliphatic heterocycles. The number of rotatable bonds is 6. The highest BCUT2D eigenvalue weighted by Crippen LogP contribution is 2.41. The number of halogens is 1. The van der Waals surface area contributed by atoms with Gasteiger partial charge in [-0.3, -0.25) is 4.79 Å². The van der Waals surface area contributed by atoms with Gasteiger partial charge in [-0.25, -0.2) is 0 Å². The fourth-order valence-corrected chi connectivity index (χ4v) is 4.07. The van der Waals surface area contributed by atoms with E-state index in [9.17, 15) is 4.79 Å². The Hall–Kier alpha value is -3.50. The van der Waals surface area contributed by atoms with E-state index in [1.807, 2.05) is 82.3 Å². The van der Waals surface area contributed by atoms with Gasteiger partial charge in [0.25, 0.3) is 0 Å². The van der Waals surface area contributed by atoms with Crippen molar-refractivity contribution in [3.63, 3.8) is 0 Å². The van der Waals surface area contributed by atoms with Gasteiger partial charge in [-0.1, -0.05) is 41.9 Å². The van der Waals surface area contributed by atoms with Crippen molar-refractivity contribution < 1.29 is 13.9 Å². The number of carbonyl (C=O) groups is 1. The standard InChI is InChI=1S/C28H26ClNO3/c1-5-32-27-19(4)28-23(24(16-33-28)20-10-12-21(29)13-11-20)15-22(27)18(3)14-26(31)30-25-9-7-6-8-17(25)2/h6-16H,5H2,1-4H3,(H,30,31)/b18-14+. The van der Waals surface area contributed by atoms with Gasteiger partial charge in [0.05, 0.1) is 12.9 Å². The maximum absolute atomic E-state index is 12.8. The first-order valence-corrected chi connectivity index (χ1v) is 11.3. The Morgan fingerprint density at radius 3 is 2.55 bits per heavy atom. The molecule has 0 bridgehead atoms. The summed E-state index contributed by atoms with van der Waals surface area (Å²) < 4.78 is 11.9. The van der Waals surface area contributed by atoms with Crippen LogP contribution in [0.25, 0.3) is 27.7 Å². The van der Waals surface area contributed by atoms with Crippen molar-refractivity contribution in [2.75, 3.05) is 11.9 Å². The van der Waals surface area contributed by atoms with Crippen LogP contribution in [0.5, 0.6) is 5.75 Å². The monoisotopic (exact) mass is 459 g/mol. The molecule has 33 heavy (non-hydrogen) atoms. The van der Waals surface area contributed by atoms with Gasteiger partial charge >= 0.3 is 0 Å². The highest BCUT2D eigenvalue weighted by Gasteiger charge is 2.19. The summed E-state index contributed by atoms with van der Waals surface area (Å²) in [6.45, 7) is 8.31. The molecule has 0 spiro atoms. The second-order valence-corrected chi connectivity index (χ2v) is 8.41. The Morgan fingerprint density at radius 1 is 1.12 bits per heavy atom. The van der Waals surface area contributed by atoms with Crippen LogP contribution in [-0.2, 0) is 4.79 Å². The molecule has 0 fully saturated rings. The highest BCUT2D eigenvalue weighted by atomic mass is 35.5. The third-order valence-corrected chi connectivity index (χ3v) is 5.92. The predicted octanol–water partition coefficient (Wildman–Crippen LogP) is 7.81. The molecule has 168 valence electrons. The first kappa shape index (κ1) is 22.7. The van der Waals surface area contributed by atoms with Crippen LogP contribution in [0.1, 0.15) is 30.5 Å². The van der Waals surface area contributed by atoms with Gasteiger partial charge in [-0.15, -0.1) is 0 Å². The maximum Gasteiger partial charge on any atom is 0.248 e. The topological polar surface area (TPSA) is 51.5 Å². The van der Waals surface area contributed by atoms with Crippen LogP contribution in [-0.4, -0.2) is 12.5 Å². The lowest BCUT2D eigenvalue weighted by atomic mass is 9.96. The van der Waals surface area contributed by atoms with E-state index in [2.05, 4.69) is 5.32 Å². The molecule has 1 amide bonds. The van der Waals surface area contributed by atoms with Crippen LogP contribution in [0.2, 0.25) is 5.02 Å². The van der Waals surface area contributed by atoms with E-state index in [-0.39, 0.29) is 5.91 Å². The largest absolute Gasteiger partial charge is 0.493 e. The minimum absolute atomic E-state index is 0.188. The van der Waals surface area contributed by atoms with Crippen LogP contribution in [0, 0.1) is 13.8 Å². The van der Waals surface area contributed by atoms with Crippen LogP contribution in [0.15, 0.2) is 71.4 Å². The molecule has 0 radical (unpaired) electrons. The van der Waals surface area contributed by atoms with E-state index in [1.54, 1.807) is 12.3 Å². The minimum Gasteiger partial charge on any atom is -0.493 e. The average Bonchev–Trinajstić information content (AvgIpc) is 3.22. The van der Waals surface area contributed by atoms with Crippen molar-refractivity contribution in [3.05, 3.63) is 88.6 Å². The SMILES string of the molecule is CCOc1c(/C(C)=C/C(=O)Nc2ccccc2C)cc2c(-c3ccc(Cl)cc3)coc2c1C. The number of amides is 1. The van der Waals surface area contributed by atoms with Gasteiger partial charge in [-0.2, -0.15) is 0 Å². The summed E-state index contributed by atoms with van der Waals surface area (Å²) in [5.41, 5.74) is 7.10. The number of hydrogen-bond donors (Lipinski definition) is 1. The van der Waals surface area contributed by atoms with E-state index in [0.717, 1.165) is 55.8 Å². The fraction of sp³-hybridized carbons (Fsp3) is 0.179. The molecular weight excluding hydrogens is 434 g/mol. The normalized spacial score (nSPS) is 11.6. The second-order valence-electron chi connectivity index (χ2n) is 7.98. The van der Waals surface area contributed by atoms with Crippen molar-refractivity contribution in [2.24, 2.45) is 0 Å². The lowest BCUT2D eigenvalue weighted by Crippen LogP contribution is -2.10. The molecule has 0 atom stereocenters. The first-order chi connectivity index (χ1) is 15.9. The van der Waals surface area contributed by atoms with Gasteiger partial charge < -0.3 is 14.5 Å². The summed E-state index contributed by atoms with van der Waals surface area (Å²) >= 11 is 6.07. The van der Waals surface area contributed by atoms with Crippen molar-refractivity contribution >= 4 is 39.7 Å². The second kappa shape index (κ2) is 9.55. The fourth-order valence-electron chi connectivity index (χ4n) is 3.95. The zero-order valence-corrected chi connectivity index (χ0v) is 19.9. The summed E-state index contributed by atoms with van der Waals surface area (Å²) in [5.74, 6) is 0.534. The molecule has 1 heterocycles. The van der Waals surface area contributed by atoms with E-state index >= 15 is 0 Å². The van der Waals surface area contributed by atoms with Crippen LogP contribution in [0.3, 0.4) is 0 Å². The quantitative estimate of drug-likeness (QED) is 0.299. The number of benzene rings is 3. The number of fused-ring (bicyclic) bond motifs is 1. The van der Waals surface area contributed by atoms with Crippen molar-refractivity contribution in [3.8, 4) is 16.9 Å². The average molecular weight is 460 g/mol. The molecular formula is C28H26ClNO3. The lowest BCUT2D eigenvalue weighted by Gasteiger charge is -2.15. The third-order valence-electron chi connectivity index (χ3n) is 5.66. The molecule has 0 unspecified atom stereocenters. The van der Waals surface area contributed by atoms with E-state index in [1.165, 1.54) is 0 Å². The first-order valence-electron chi connectivity index (χ1n) is 10.9. The molecule has 4 rings (SSSR count). The number of aryl methyl sites for hydroxylation is 2. The smallest absolute Gasteiger partial charge is 0.248 e. The van der Waals surface area contributed by atoms with Gasteiger partial charge in [0, 0.05) is 38.9 Å².